The number of piperazine rings is 1. The first kappa shape index (κ1) is 19.8. The van der Waals surface area contributed by atoms with Gasteiger partial charge in [0.2, 0.25) is 0 Å². The van der Waals surface area contributed by atoms with Gasteiger partial charge in [-0.15, -0.1) is 0 Å². The maximum Gasteiger partial charge on any atom is 0.410 e. The molecule has 144 valence electrons. The number of hydrogen-bond donors (Lipinski definition) is 0. The highest BCUT2D eigenvalue weighted by Crippen LogP contribution is 2.35. The fourth-order valence-corrected chi connectivity index (χ4v) is 2.94. The predicted molar refractivity (Wildman–Crippen MR) is 99.0 cm³/mol. The predicted octanol–water partition coefficient (Wildman–Crippen LogP) is 3.22. The van der Waals surface area contributed by atoms with Crippen LogP contribution in [-0.4, -0.2) is 54.8 Å². The van der Waals surface area contributed by atoms with E-state index >= 15 is 0 Å². The first-order valence-electron chi connectivity index (χ1n) is 8.74. The van der Waals surface area contributed by atoms with E-state index in [1.165, 1.54) is 7.11 Å². The third-order valence-electron chi connectivity index (χ3n) is 4.23. The molecule has 1 aliphatic rings. The Morgan fingerprint density at radius 1 is 1.23 bits per heavy atom. The van der Waals surface area contributed by atoms with Gasteiger partial charge in [0.15, 0.2) is 5.75 Å². The van der Waals surface area contributed by atoms with Crippen LogP contribution in [0.2, 0.25) is 0 Å². The van der Waals surface area contributed by atoms with E-state index in [0.29, 0.717) is 32.6 Å². The smallest absolute Gasteiger partial charge is 0.410 e. The molecular formula is C18H27N3O5. The van der Waals surface area contributed by atoms with Crippen LogP contribution < -0.4 is 9.64 Å². The first-order chi connectivity index (χ1) is 12.2. The number of amides is 1. The normalized spacial score (nSPS) is 15.0. The molecule has 1 amide bonds. The zero-order valence-electron chi connectivity index (χ0n) is 16.1. The number of anilines is 1. The highest BCUT2D eigenvalue weighted by molar-refractivity contribution is 5.69. The minimum absolute atomic E-state index is 0.0273. The topological polar surface area (TPSA) is 85.2 Å². The van der Waals surface area contributed by atoms with Crippen molar-refractivity contribution in [1.82, 2.24) is 4.90 Å². The number of ether oxygens (including phenoxy) is 2. The summed E-state index contributed by atoms with van der Waals surface area (Å²) in [6.45, 7) is 9.84. The summed E-state index contributed by atoms with van der Waals surface area (Å²) in [6, 6.07) is 3.30. The van der Waals surface area contributed by atoms with E-state index < -0.39 is 10.5 Å². The lowest BCUT2D eigenvalue weighted by Gasteiger charge is -2.37. The van der Waals surface area contributed by atoms with Crippen molar-refractivity contribution in [1.29, 1.82) is 0 Å². The van der Waals surface area contributed by atoms with Crippen molar-refractivity contribution in [3.05, 3.63) is 27.8 Å². The van der Waals surface area contributed by atoms with Crippen LogP contribution in [0.15, 0.2) is 12.1 Å². The molecule has 1 saturated heterocycles. The van der Waals surface area contributed by atoms with Gasteiger partial charge in [0.1, 0.15) is 5.60 Å². The van der Waals surface area contributed by atoms with Crippen LogP contribution in [0.5, 0.6) is 5.75 Å². The molecule has 1 aliphatic heterocycles. The number of nitro benzene ring substituents is 1. The number of carbonyl (C=O) groups is 1. The second kappa shape index (κ2) is 7.80. The maximum absolute atomic E-state index is 12.2. The van der Waals surface area contributed by atoms with Gasteiger partial charge in [-0.1, -0.05) is 6.92 Å². The van der Waals surface area contributed by atoms with Crippen molar-refractivity contribution in [2.75, 3.05) is 38.2 Å². The number of aryl methyl sites for hydroxylation is 1. The monoisotopic (exact) mass is 365 g/mol. The molecule has 0 N–H and O–H groups in total. The summed E-state index contributed by atoms with van der Waals surface area (Å²) >= 11 is 0. The minimum atomic E-state index is -0.519. The Bertz CT molecular complexity index is 676. The summed E-state index contributed by atoms with van der Waals surface area (Å²) in [5, 5.41) is 11.2. The molecule has 2 rings (SSSR count). The van der Waals surface area contributed by atoms with Crippen molar-refractivity contribution in [3.8, 4) is 5.75 Å². The second-order valence-electron chi connectivity index (χ2n) is 7.22. The van der Waals surface area contributed by atoms with Crippen molar-refractivity contribution < 1.29 is 19.2 Å². The largest absolute Gasteiger partial charge is 0.490 e. The Balaban J connectivity index is 2.16. The SMILES string of the molecule is CCc1cc([N+](=O)[O-])c(OC)cc1N1CCN(C(=O)OC(C)(C)C)CC1. The summed E-state index contributed by atoms with van der Waals surface area (Å²) in [7, 11) is 1.43. The number of rotatable bonds is 4. The Labute approximate surface area is 153 Å². The van der Waals surface area contributed by atoms with Crippen LogP contribution in [0.25, 0.3) is 0 Å². The summed E-state index contributed by atoms with van der Waals surface area (Å²) < 4.78 is 10.6. The van der Waals surface area contributed by atoms with Crippen molar-refractivity contribution in [3.63, 3.8) is 0 Å². The van der Waals surface area contributed by atoms with Gasteiger partial charge in [-0.25, -0.2) is 4.79 Å². The minimum Gasteiger partial charge on any atom is -0.490 e. The Morgan fingerprint density at radius 2 is 1.85 bits per heavy atom. The van der Waals surface area contributed by atoms with Gasteiger partial charge in [-0.05, 0) is 32.8 Å². The molecule has 1 heterocycles. The molecule has 0 atom stereocenters. The highest BCUT2D eigenvalue weighted by atomic mass is 16.6. The van der Waals surface area contributed by atoms with E-state index in [1.807, 2.05) is 27.7 Å². The summed E-state index contributed by atoms with van der Waals surface area (Å²) in [5.74, 6) is 0.247. The molecule has 0 bridgehead atoms. The summed E-state index contributed by atoms with van der Waals surface area (Å²) in [4.78, 5) is 26.8. The Kier molecular flexibility index (Phi) is 5.94. The Hall–Kier alpha value is -2.51. The Morgan fingerprint density at radius 3 is 2.31 bits per heavy atom. The van der Waals surface area contributed by atoms with E-state index in [0.717, 1.165) is 11.3 Å². The lowest BCUT2D eigenvalue weighted by Crippen LogP contribution is -2.50. The van der Waals surface area contributed by atoms with Crippen molar-refractivity contribution in [2.45, 2.75) is 39.7 Å². The van der Waals surface area contributed by atoms with E-state index in [-0.39, 0.29) is 17.5 Å². The number of methoxy groups -OCH3 is 1. The highest BCUT2D eigenvalue weighted by Gasteiger charge is 2.28. The molecule has 0 aromatic heterocycles. The molecule has 1 aromatic rings. The maximum atomic E-state index is 12.2. The van der Waals surface area contributed by atoms with Gasteiger partial charge in [0.05, 0.1) is 12.0 Å². The quantitative estimate of drug-likeness (QED) is 0.602. The molecule has 0 saturated carbocycles. The van der Waals surface area contributed by atoms with Crippen LogP contribution in [0.4, 0.5) is 16.2 Å². The summed E-state index contributed by atoms with van der Waals surface area (Å²) in [6.07, 6.45) is 0.362. The van der Waals surface area contributed by atoms with Gasteiger partial charge < -0.3 is 19.3 Å². The van der Waals surface area contributed by atoms with Gasteiger partial charge in [-0.2, -0.15) is 0 Å². The van der Waals surface area contributed by atoms with Crippen LogP contribution >= 0.6 is 0 Å². The molecule has 26 heavy (non-hydrogen) atoms. The van der Waals surface area contributed by atoms with Gasteiger partial charge in [-0.3, -0.25) is 10.1 Å². The van der Waals surface area contributed by atoms with Gasteiger partial charge in [0, 0.05) is 44.0 Å². The lowest BCUT2D eigenvalue weighted by atomic mass is 10.1. The van der Waals surface area contributed by atoms with Crippen LogP contribution in [0.1, 0.15) is 33.3 Å². The van der Waals surface area contributed by atoms with Gasteiger partial charge >= 0.3 is 11.8 Å². The third kappa shape index (κ3) is 4.56. The fraction of sp³-hybridized carbons (Fsp3) is 0.611. The van der Waals surface area contributed by atoms with Crippen LogP contribution in [-0.2, 0) is 11.2 Å². The molecule has 0 radical (unpaired) electrons. The zero-order chi connectivity index (χ0) is 19.5. The van der Waals surface area contributed by atoms with Crippen molar-refractivity contribution in [2.24, 2.45) is 0 Å². The van der Waals surface area contributed by atoms with E-state index in [2.05, 4.69) is 4.90 Å². The standard InChI is InChI=1S/C18H27N3O5/c1-6-13-11-15(21(23)24)16(25-5)12-14(13)19-7-9-20(10-8-19)17(22)26-18(2,3)4/h11-12H,6-10H2,1-5H3. The number of carbonyl (C=O) groups excluding carboxylic acids is 1. The average molecular weight is 365 g/mol. The zero-order valence-corrected chi connectivity index (χ0v) is 16.1. The van der Waals surface area contributed by atoms with Crippen LogP contribution in [0.3, 0.4) is 0 Å². The fourth-order valence-electron chi connectivity index (χ4n) is 2.94. The molecular weight excluding hydrogens is 338 g/mol. The first-order valence-corrected chi connectivity index (χ1v) is 8.74. The molecule has 1 aromatic carbocycles. The van der Waals surface area contributed by atoms with Crippen molar-refractivity contribution >= 4 is 17.5 Å². The lowest BCUT2D eigenvalue weighted by molar-refractivity contribution is -0.385. The van der Waals surface area contributed by atoms with Crippen LogP contribution in [0, 0.1) is 10.1 Å². The third-order valence-corrected chi connectivity index (χ3v) is 4.23. The number of hydrogen-bond acceptors (Lipinski definition) is 6. The molecule has 0 aliphatic carbocycles. The molecule has 0 unspecified atom stereocenters. The number of benzene rings is 1. The second-order valence-corrected chi connectivity index (χ2v) is 7.22. The molecule has 0 spiro atoms. The van der Waals surface area contributed by atoms with E-state index in [9.17, 15) is 14.9 Å². The molecule has 8 heteroatoms. The van der Waals surface area contributed by atoms with E-state index in [4.69, 9.17) is 9.47 Å². The number of nitrogens with zero attached hydrogens (tertiary/aromatic N) is 3. The average Bonchev–Trinajstić information content (AvgIpc) is 2.59. The van der Waals surface area contributed by atoms with Gasteiger partial charge in [0.25, 0.3) is 0 Å². The molecule has 1 fully saturated rings. The van der Waals surface area contributed by atoms with E-state index in [1.54, 1.807) is 17.0 Å². The number of nitro groups is 1. The summed E-state index contributed by atoms with van der Waals surface area (Å²) in [5.41, 5.74) is 1.26. The molecule has 8 nitrogen and oxygen atoms in total.